The Hall–Kier alpha value is -2.58. The number of sulfonamides is 1. The quantitative estimate of drug-likeness (QED) is 0.565. The van der Waals surface area contributed by atoms with Crippen molar-refractivity contribution in [2.45, 2.75) is 45.1 Å². The van der Waals surface area contributed by atoms with Gasteiger partial charge in [0.25, 0.3) is 15.9 Å². The average molecular weight is 459 g/mol. The maximum absolute atomic E-state index is 13.2. The molecule has 0 aliphatic carbocycles. The van der Waals surface area contributed by atoms with Gasteiger partial charge in [-0.3, -0.25) is 9.52 Å². The van der Waals surface area contributed by atoms with Gasteiger partial charge in [-0.2, -0.15) is 0 Å². The summed E-state index contributed by atoms with van der Waals surface area (Å²) in [7, 11) is -3.81. The summed E-state index contributed by atoms with van der Waals surface area (Å²) in [6.45, 7) is 11.2. The predicted octanol–water partition coefficient (Wildman–Crippen LogP) is 3.23. The fourth-order valence-electron chi connectivity index (χ4n) is 3.77. The third kappa shape index (κ3) is 6.23. The van der Waals surface area contributed by atoms with Crippen molar-refractivity contribution in [3.8, 4) is 0 Å². The normalized spacial score (nSPS) is 14.6. The number of carbonyl (C=O) groups excluding carboxylic acids is 1. The number of piperazine rings is 1. The number of anilines is 2. The van der Waals surface area contributed by atoms with Crippen LogP contribution in [-0.2, 0) is 16.4 Å². The Morgan fingerprint density at radius 3 is 2.28 bits per heavy atom. The second-order valence-corrected chi connectivity index (χ2v) is 10.6. The monoisotopic (exact) mass is 458 g/mol. The highest BCUT2D eigenvalue weighted by Gasteiger charge is 2.21. The summed E-state index contributed by atoms with van der Waals surface area (Å²) in [6.07, 6.45) is 0.897. The average Bonchev–Trinajstić information content (AvgIpc) is 2.73. The Labute approximate surface area is 191 Å². The van der Waals surface area contributed by atoms with Gasteiger partial charge in [0.2, 0.25) is 0 Å². The zero-order valence-electron chi connectivity index (χ0n) is 19.3. The zero-order chi connectivity index (χ0) is 23.3. The molecule has 2 aromatic carbocycles. The van der Waals surface area contributed by atoms with Crippen molar-refractivity contribution >= 4 is 27.3 Å². The molecule has 174 valence electrons. The molecule has 1 amide bonds. The number of carbonyl (C=O) groups is 1. The maximum Gasteiger partial charge on any atom is 0.261 e. The van der Waals surface area contributed by atoms with E-state index >= 15 is 0 Å². The minimum absolute atomic E-state index is 0.0140. The Kier molecular flexibility index (Phi) is 7.79. The molecular formula is C24H34N4O3S. The van der Waals surface area contributed by atoms with Crippen LogP contribution in [0.2, 0.25) is 0 Å². The SMILES string of the molecule is CC(C)Cc1ccc(S(=O)(=O)Nc2cc(C(=O)NC(C)C)ccc2N2CCNCC2)cc1. The zero-order valence-corrected chi connectivity index (χ0v) is 20.1. The highest BCUT2D eigenvalue weighted by atomic mass is 32.2. The van der Waals surface area contributed by atoms with Gasteiger partial charge < -0.3 is 15.5 Å². The number of nitrogens with one attached hydrogen (secondary N) is 3. The molecule has 3 rings (SSSR count). The van der Waals surface area contributed by atoms with Crippen molar-refractivity contribution < 1.29 is 13.2 Å². The second kappa shape index (κ2) is 10.4. The lowest BCUT2D eigenvalue weighted by Gasteiger charge is -2.31. The van der Waals surface area contributed by atoms with E-state index in [1.165, 1.54) is 0 Å². The molecule has 0 unspecified atom stereocenters. The molecule has 3 N–H and O–H groups in total. The van der Waals surface area contributed by atoms with Gasteiger partial charge >= 0.3 is 0 Å². The van der Waals surface area contributed by atoms with E-state index in [4.69, 9.17) is 0 Å². The summed E-state index contributed by atoms with van der Waals surface area (Å²) >= 11 is 0. The first-order valence-corrected chi connectivity index (χ1v) is 12.7. The summed E-state index contributed by atoms with van der Waals surface area (Å²) in [5.74, 6) is 0.266. The van der Waals surface area contributed by atoms with E-state index in [0.717, 1.165) is 43.9 Å². The molecule has 0 saturated carbocycles. The first kappa shape index (κ1) is 24.1. The minimum atomic E-state index is -3.81. The fraction of sp³-hybridized carbons (Fsp3) is 0.458. The lowest BCUT2D eigenvalue weighted by Crippen LogP contribution is -2.43. The molecule has 8 heteroatoms. The number of nitrogens with zero attached hydrogens (tertiary/aromatic N) is 1. The van der Waals surface area contributed by atoms with Crippen LogP contribution in [0.3, 0.4) is 0 Å². The lowest BCUT2D eigenvalue weighted by molar-refractivity contribution is 0.0943. The number of hydrogen-bond acceptors (Lipinski definition) is 5. The largest absolute Gasteiger partial charge is 0.367 e. The van der Waals surface area contributed by atoms with Gasteiger partial charge in [-0.1, -0.05) is 26.0 Å². The third-order valence-electron chi connectivity index (χ3n) is 5.26. The summed E-state index contributed by atoms with van der Waals surface area (Å²) in [4.78, 5) is 14.9. The fourth-order valence-corrected chi connectivity index (χ4v) is 4.83. The molecule has 0 spiro atoms. The van der Waals surface area contributed by atoms with Crippen molar-refractivity contribution in [1.82, 2.24) is 10.6 Å². The van der Waals surface area contributed by atoms with Crippen molar-refractivity contribution in [1.29, 1.82) is 0 Å². The number of hydrogen-bond donors (Lipinski definition) is 3. The summed E-state index contributed by atoms with van der Waals surface area (Å²) in [6, 6.07) is 12.2. The highest BCUT2D eigenvalue weighted by Crippen LogP contribution is 2.30. The number of benzene rings is 2. The van der Waals surface area contributed by atoms with Gasteiger partial charge in [-0.05, 0) is 62.1 Å². The van der Waals surface area contributed by atoms with E-state index < -0.39 is 10.0 Å². The topological polar surface area (TPSA) is 90.5 Å². The van der Waals surface area contributed by atoms with E-state index in [1.54, 1.807) is 24.3 Å². The lowest BCUT2D eigenvalue weighted by atomic mass is 10.0. The predicted molar refractivity (Wildman–Crippen MR) is 130 cm³/mol. The molecule has 2 aromatic rings. The minimum Gasteiger partial charge on any atom is -0.367 e. The molecule has 0 aromatic heterocycles. The molecule has 1 heterocycles. The van der Waals surface area contributed by atoms with Crippen LogP contribution in [0.1, 0.15) is 43.6 Å². The van der Waals surface area contributed by atoms with Gasteiger partial charge in [-0.25, -0.2) is 8.42 Å². The maximum atomic E-state index is 13.2. The Morgan fingerprint density at radius 1 is 1.03 bits per heavy atom. The van der Waals surface area contributed by atoms with Gasteiger partial charge in [0.15, 0.2) is 0 Å². The molecule has 32 heavy (non-hydrogen) atoms. The van der Waals surface area contributed by atoms with Crippen LogP contribution in [-0.4, -0.2) is 46.5 Å². The molecular weight excluding hydrogens is 424 g/mol. The Morgan fingerprint density at radius 2 is 1.69 bits per heavy atom. The standard InChI is InChI=1S/C24H34N4O3S/c1-17(2)15-19-5-8-21(9-6-19)32(30,31)27-22-16-20(24(29)26-18(3)4)7-10-23(22)28-13-11-25-12-14-28/h5-10,16-18,25,27H,11-15H2,1-4H3,(H,26,29). The summed E-state index contributed by atoms with van der Waals surface area (Å²) in [5, 5.41) is 6.17. The van der Waals surface area contributed by atoms with Crippen LogP contribution in [0.25, 0.3) is 0 Å². The van der Waals surface area contributed by atoms with E-state index in [0.29, 0.717) is 17.2 Å². The number of amides is 1. The number of rotatable bonds is 8. The van der Waals surface area contributed by atoms with Crippen LogP contribution in [0.5, 0.6) is 0 Å². The molecule has 1 saturated heterocycles. The van der Waals surface area contributed by atoms with Gasteiger partial charge in [-0.15, -0.1) is 0 Å². The first-order chi connectivity index (χ1) is 15.2. The molecule has 7 nitrogen and oxygen atoms in total. The van der Waals surface area contributed by atoms with E-state index in [2.05, 4.69) is 34.1 Å². The molecule has 1 aliphatic heterocycles. The first-order valence-electron chi connectivity index (χ1n) is 11.2. The van der Waals surface area contributed by atoms with Crippen LogP contribution in [0, 0.1) is 5.92 Å². The van der Waals surface area contributed by atoms with Crippen LogP contribution in [0.15, 0.2) is 47.4 Å². The van der Waals surface area contributed by atoms with Gasteiger partial charge in [0.1, 0.15) is 0 Å². The van der Waals surface area contributed by atoms with Gasteiger partial charge in [0, 0.05) is 37.8 Å². The van der Waals surface area contributed by atoms with E-state index in [9.17, 15) is 13.2 Å². The summed E-state index contributed by atoms with van der Waals surface area (Å²) < 4.78 is 29.1. The third-order valence-corrected chi connectivity index (χ3v) is 6.64. The van der Waals surface area contributed by atoms with E-state index in [1.807, 2.05) is 32.0 Å². The van der Waals surface area contributed by atoms with Crippen molar-refractivity contribution in [2.75, 3.05) is 35.8 Å². The van der Waals surface area contributed by atoms with Crippen LogP contribution >= 0.6 is 0 Å². The Bertz CT molecular complexity index is 1030. The van der Waals surface area contributed by atoms with Crippen molar-refractivity contribution in [3.63, 3.8) is 0 Å². The van der Waals surface area contributed by atoms with Crippen molar-refractivity contribution in [2.24, 2.45) is 5.92 Å². The van der Waals surface area contributed by atoms with Crippen LogP contribution in [0.4, 0.5) is 11.4 Å². The molecule has 1 fully saturated rings. The van der Waals surface area contributed by atoms with Crippen LogP contribution < -0.4 is 20.3 Å². The molecule has 0 atom stereocenters. The molecule has 0 radical (unpaired) electrons. The second-order valence-electron chi connectivity index (χ2n) is 8.94. The highest BCUT2D eigenvalue weighted by molar-refractivity contribution is 7.92. The van der Waals surface area contributed by atoms with Gasteiger partial charge in [0.05, 0.1) is 16.3 Å². The molecule has 0 bridgehead atoms. The summed E-state index contributed by atoms with van der Waals surface area (Å²) in [5.41, 5.74) is 2.71. The van der Waals surface area contributed by atoms with Crippen molar-refractivity contribution in [3.05, 3.63) is 53.6 Å². The van der Waals surface area contributed by atoms with E-state index in [-0.39, 0.29) is 16.8 Å². The Balaban J connectivity index is 1.92. The molecule has 1 aliphatic rings. The smallest absolute Gasteiger partial charge is 0.261 e.